The van der Waals surface area contributed by atoms with Crippen molar-refractivity contribution in [1.82, 2.24) is 9.88 Å². The molecule has 2 heterocycles. The van der Waals surface area contributed by atoms with Gasteiger partial charge in [0.15, 0.2) is 6.61 Å². The Kier molecular flexibility index (Phi) is 5.33. The van der Waals surface area contributed by atoms with Crippen molar-refractivity contribution in [3.05, 3.63) is 28.5 Å². The number of hydrogen-bond donors (Lipinski definition) is 0. The molecular weight excluding hydrogens is 336 g/mol. The Morgan fingerprint density at radius 3 is 2.62 bits per heavy atom. The number of nitrogens with zero attached hydrogens (tertiary/aromatic N) is 2. The summed E-state index contributed by atoms with van der Waals surface area (Å²) in [5, 5.41) is 0. The zero-order valence-corrected chi connectivity index (χ0v) is 13.8. The van der Waals surface area contributed by atoms with E-state index < -0.39 is 5.97 Å². The molecule has 1 aliphatic heterocycles. The lowest BCUT2D eigenvalue weighted by Crippen LogP contribution is -2.49. The molecule has 0 unspecified atom stereocenters. The molecule has 6 heteroatoms. The molecule has 0 N–H and O–H groups in total. The Bertz CT molecular complexity index is 525. The molecule has 0 radical (unpaired) electrons. The number of carbonyl (C=O) groups is 2. The van der Waals surface area contributed by atoms with Crippen molar-refractivity contribution in [1.29, 1.82) is 0 Å². The van der Waals surface area contributed by atoms with Gasteiger partial charge in [0.25, 0.3) is 5.91 Å². The van der Waals surface area contributed by atoms with E-state index in [1.807, 2.05) is 18.7 Å². The number of aromatic nitrogens is 1. The fraction of sp³-hybridized carbons (Fsp3) is 0.533. The van der Waals surface area contributed by atoms with E-state index in [2.05, 4.69) is 20.9 Å². The molecule has 1 amide bonds. The van der Waals surface area contributed by atoms with Crippen LogP contribution in [0.5, 0.6) is 0 Å². The van der Waals surface area contributed by atoms with Crippen LogP contribution in [0.4, 0.5) is 0 Å². The Labute approximate surface area is 132 Å². The van der Waals surface area contributed by atoms with Gasteiger partial charge in [0.1, 0.15) is 0 Å². The van der Waals surface area contributed by atoms with E-state index in [-0.39, 0.29) is 24.6 Å². The van der Waals surface area contributed by atoms with Crippen molar-refractivity contribution in [3.8, 4) is 0 Å². The smallest absolute Gasteiger partial charge is 0.340 e. The number of pyridine rings is 1. The summed E-state index contributed by atoms with van der Waals surface area (Å²) in [4.78, 5) is 29.9. The van der Waals surface area contributed by atoms with E-state index in [9.17, 15) is 9.59 Å². The van der Waals surface area contributed by atoms with Gasteiger partial charge in [0, 0.05) is 29.0 Å². The Morgan fingerprint density at radius 1 is 1.33 bits per heavy atom. The number of esters is 1. The zero-order valence-electron chi connectivity index (χ0n) is 12.2. The summed E-state index contributed by atoms with van der Waals surface area (Å²) in [6, 6.07) is 2.02. The Morgan fingerprint density at radius 2 is 2.00 bits per heavy atom. The number of carbonyl (C=O) groups excluding carboxylic acids is 2. The van der Waals surface area contributed by atoms with Crippen molar-refractivity contribution in [2.45, 2.75) is 45.2 Å². The van der Waals surface area contributed by atoms with Crippen molar-refractivity contribution < 1.29 is 14.3 Å². The SMILES string of the molecule is C[C@@H]1CCC[C@H](C)N1C(=O)COC(=O)c1cncc(Br)c1. The first-order valence-corrected chi connectivity index (χ1v) is 7.87. The Balaban J connectivity index is 1.93. The predicted octanol–water partition coefficient (Wildman–Crippen LogP) is 2.79. The summed E-state index contributed by atoms with van der Waals surface area (Å²) in [6.07, 6.45) is 6.14. The minimum Gasteiger partial charge on any atom is -0.452 e. The molecule has 1 aliphatic rings. The van der Waals surface area contributed by atoms with E-state index in [0.717, 1.165) is 19.3 Å². The summed E-state index contributed by atoms with van der Waals surface area (Å²) < 4.78 is 5.80. The van der Waals surface area contributed by atoms with Crippen LogP contribution in [-0.4, -0.2) is 40.5 Å². The summed E-state index contributed by atoms with van der Waals surface area (Å²) in [5.74, 6) is -0.666. The van der Waals surface area contributed by atoms with Gasteiger partial charge in [0.05, 0.1) is 5.56 Å². The molecule has 0 spiro atoms. The van der Waals surface area contributed by atoms with E-state index >= 15 is 0 Å². The van der Waals surface area contributed by atoms with Crippen molar-refractivity contribution in [3.63, 3.8) is 0 Å². The number of likely N-dealkylation sites (tertiary alicyclic amines) is 1. The molecule has 1 saturated heterocycles. The standard InChI is InChI=1S/C15H19BrN2O3/c1-10-4-3-5-11(2)18(10)14(19)9-21-15(20)12-6-13(16)8-17-7-12/h6-8,10-11H,3-5,9H2,1-2H3/t10-,11+. The average molecular weight is 355 g/mol. The summed E-state index contributed by atoms with van der Waals surface area (Å²) in [6.45, 7) is 3.85. The summed E-state index contributed by atoms with van der Waals surface area (Å²) >= 11 is 3.24. The highest BCUT2D eigenvalue weighted by molar-refractivity contribution is 9.10. The maximum atomic E-state index is 12.2. The quantitative estimate of drug-likeness (QED) is 0.783. The molecule has 1 aromatic rings. The fourth-order valence-electron chi connectivity index (χ4n) is 2.72. The molecule has 114 valence electrons. The van der Waals surface area contributed by atoms with Crippen molar-refractivity contribution >= 4 is 27.8 Å². The van der Waals surface area contributed by atoms with Crippen molar-refractivity contribution in [2.75, 3.05) is 6.61 Å². The second-order valence-corrected chi connectivity index (χ2v) is 6.31. The minimum atomic E-state index is -0.533. The van der Waals surface area contributed by atoms with Crippen LogP contribution in [0, 0.1) is 0 Å². The molecule has 0 aromatic carbocycles. The third-order valence-corrected chi connectivity index (χ3v) is 4.18. The lowest BCUT2D eigenvalue weighted by atomic mass is 9.97. The molecule has 0 aliphatic carbocycles. The lowest BCUT2D eigenvalue weighted by Gasteiger charge is -2.38. The van der Waals surface area contributed by atoms with Crippen LogP contribution in [0.15, 0.2) is 22.9 Å². The van der Waals surface area contributed by atoms with E-state index in [0.29, 0.717) is 10.0 Å². The maximum absolute atomic E-state index is 12.2. The van der Waals surface area contributed by atoms with Gasteiger partial charge >= 0.3 is 5.97 Å². The van der Waals surface area contributed by atoms with Gasteiger partial charge in [-0.3, -0.25) is 9.78 Å². The summed E-state index contributed by atoms with van der Waals surface area (Å²) in [5.41, 5.74) is 0.330. The minimum absolute atomic E-state index is 0.133. The van der Waals surface area contributed by atoms with E-state index in [1.54, 1.807) is 12.3 Å². The number of hydrogen-bond acceptors (Lipinski definition) is 4. The lowest BCUT2D eigenvalue weighted by molar-refractivity contribution is -0.140. The molecule has 0 bridgehead atoms. The number of amides is 1. The van der Waals surface area contributed by atoms with Gasteiger partial charge < -0.3 is 9.64 Å². The van der Waals surface area contributed by atoms with Crippen LogP contribution in [0.3, 0.4) is 0 Å². The van der Waals surface area contributed by atoms with Gasteiger partial charge in [-0.05, 0) is 55.1 Å². The van der Waals surface area contributed by atoms with Crippen LogP contribution < -0.4 is 0 Å². The van der Waals surface area contributed by atoms with Crippen LogP contribution in [0.2, 0.25) is 0 Å². The van der Waals surface area contributed by atoms with Crippen LogP contribution in [0.25, 0.3) is 0 Å². The molecule has 0 saturated carbocycles. The predicted molar refractivity (Wildman–Crippen MR) is 81.8 cm³/mol. The normalized spacial score (nSPS) is 22.0. The second-order valence-electron chi connectivity index (χ2n) is 5.40. The van der Waals surface area contributed by atoms with E-state index in [1.165, 1.54) is 6.20 Å². The summed E-state index contributed by atoms with van der Waals surface area (Å²) in [7, 11) is 0. The average Bonchev–Trinajstić information content (AvgIpc) is 2.44. The first-order valence-electron chi connectivity index (χ1n) is 7.08. The van der Waals surface area contributed by atoms with Gasteiger partial charge in [-0.2, -0.15) is 0 Å². The Hall–Kier alpha value is -1.43. The number of ether oxygens (including phenoxy) is 1. The fourth-order valence-corrected chi connectivity index (χ4v) is 3.09. The number of piperidine rings is 1. The highest BCUT2D eigenvalue weighted by Gasteiger charge is 2.29. The molecule has 5 nitrogen and oxygen atoms in total. The molecule has 1 fully saturated rings. The zero-order chi connectivity index (χ0) is 15.4. The number of rotatable bonds is 3. The monoisotopic (exact) mass is 354 g/mol. The van der Waals surface area contributed by atoms with Gasteiger partial charge in [-0.1, -0.05) is 0 Å². The van der Waals surface area contributed by atoms with Gasteiger partial charge in [-0.15, -0.1) is 0 Å². The highest BCUT2D eigenvalue weighted by atomic mass is 79.9. The second kappa shape index (κ2) is 7.02. The molecule has 2 atom stereocenters. The van der Waals surface area contributed by atoms with Crippen LogP contribution in [0.1, 0.15) is 43.5 Å². The maximum Gasteiger partial charge on any atom is 0.340 e. The first-order chi connectivity index (χ1) is 9.99. The van der Waals surface area contributed by atoms with Gasteiger partial charge in [-0.25, -0.2) is 4.79 Å². The molecule has 21 heavy (non-hydrogen) atoms. The molecule has 1 aromatic heterocycles. The third kappa shape index (κ3) is 4.03. The van der Waals surface area contributed by atoms with Crippen LogP contribution >= 0.6 is 15.9 Å². The molecular formula is C15H19BrN2O3. The largest absolute Gasteiger partial charge is 0.452 e. The van der Waals surface area contributed by atoms with E-state index in [4.69, 9.17) is 4.74 Å². The highest BCUT2D eigenvalue weighted by Crippen LogP contribution is 2.22. The third-order valence-electron chi connectivity index (χ3n) is 3.75. The number of halogens is 1. The topological polar surface area (TPSA) is 59.5 Å². The van der Waals surface area contributed by atoms with Gasteiger partial charge in [0.2, 0.25) is 0 Å². The molecule has 2 rings (SSSR count). The van der Waals surface area contributed by atoms with Crippen molar-refractivity contribution in [2.24, 2.45) is 0 Å². The first kappa shape index (κ1) is 15.9. The van der Waals surface area contributed by atoms with Crippen LogP contribution in [-0.2, 0) is 9.53 Å².